The van der Waals surface area contributed by atoms with Gasteiger partial charge in [-0.3, -0.25) is 0 Å². The van der Waals surface area contributed by atoms with Gasteiger partial charge in [0, 0.05) is 12.7 Å². The number of piperidine rings is 1. The lowest BCUT2D eigenvalue weighted by Gasteiger charge is -2.29. The van der Waals surface area contributed by atoms with Crippen LogP contribution in [0.1, 0.15) is 23.2 Å². The number of anilines is 1. The van der Waals surface area contributed by atoms with Gasteiger partial charge in [0.2, 0.25) is 0 Å². The minimum absolute atomic E-state index is 0.241. The molecule has 1 aliphatic rings. The second-order valence-corrected chi connectivity index (χ2v) is 4.83. The fourth-order valence-corrected chi connectivity index (χ4v) is 2.23. The summed E-state index contributed by atoms with van der Waals surface area (Å²) in [4.78, 5) is 17.4. The highest BCUT2D eigenvalue weighted by Crippen LogP contribution is 2.18. The minimum atomic E-state index is -0.936. The summed E-state index contributed by atoms with van der Waals surface area (Å²) in [6, 6.07) is 3.22. The summed E-state index contributed by atoms with van der Waals surface area (Å²) in [5.41, 5.74) is 0.241. The predicted octanol–water partition coefficient (Wildman–Crippen LogP) is 1.53. The second-order valence-electron chi connectivity index (χ2n) is 4.83. The number of likely N-dealkylation sites (tertiary alicyclic amines) is 1. The van der Waals surface area contributed by atoms with Crippen molar-refractivity contribution in [1.29, 1.82) is 0 Å². The van der Waals surface area contributed by atoms with Crippen molar-refractivity contribution < 1.29 is 9.90 Å². The average molecular weight is 249 g/mol. The zero-order valence-electron chi connectivity index (χ0n) is 10.6. The predicted molar refractivity (Wildman–Crippen MR) is 69.9 cm³/mol. The van der Waals surface area contributed by atoms with Crippen molar-refractivity contribution >= 4 is 11.8 Å². The summed E-state index contributed by atoms with van der Waals surface area (Å²) >= 11 is 0. The molecular formula is C13H19N3O2. The zero-order valence-corrected chi connectivity index (χ0v) is 10.6. The van der Waals surface area contributed by atoms with Gasteiger partial charge in [0.25, 0.3) is 0 Å². The van der Waals surface area contributed by atoms with Crippen molar-refractivity contribution in [1.82, 2.24) is 9.88 Å². The Morgan fingerprint density at radius 2 is 2.28 bits per heavy atom. The Labute approximate surface area is 107 Å². The lowest BCUT2D eigenvalue weighted by Crippen LogP contribution is -2.33. The number of aromatic nitrogens is 1. The van der Waals surface area contributed by atoms with Crippen molar-refractivity contribution in [3.05, 3.63) is 23.9 Å². The normalized spacial score (nSPS) is 17.6. The summed E-state index contributed by atoms with van der Waals surface area (Å²) in [6.45, 7) is 3.02. The third kappa shape index (κ3) is 3.20. The largest absolute Gasteiger partial charge is 0.478 e. The maximum Gasteiger partial charge on any atom is 0.339 e. The van der Waals surface area contributed by atoms with Gasteiger partial charge in [-0.1, -0.05) is 0 Å². The number of aromatic carboxylic acids is 1. The number of carboxylic acid groups (broad SMARTS) is 1. The summed E-state index contributed by atoms with van der Waals surface area (Å²) < 4.78 is 0. The van der Waals surface area contributed by atoms with Crippen LogP contribution in [0.15, 0.2) is 18.3 Å². The first-order valence-electron chi connectivity index (χ1n) is 6.27. The van der Waals surface area contributed by atoms with E-state index in [1.165, 1.54) is 0 Å². The summed E-state index contributed by atoms with van der Waals surface area (Å²) in [7, 11) is 2.13. The van der Waals surface area contributed by atoms with E-state index in [0.29, 0.717) is 11.7 Å². The molecular weight excluding hydrogens is 230 g/mol. The molecule has 5 nitrogen and oxygen atoms in total. The van der Waals surface area contributed by atoms with E-state index in [9.17, 15) is 4.79 Å². The Balaban J connectivity index is 1.92. The highest BCUT2D eigenvalue weighted by atomic mass is 16.4. The van der Waals surface area contributed by atoms with Crippen molar-refractivity contribution in [2.45, 2.75) is 12.8 Å². The molecule has 1 fully saturated rings. The molecule has 0 saturated carbocycles. The van der Waals surface area contributed by atoms with E-state index in [4.69, 9.17) is 5.11 Å². The van der Waals surface area contributed by atoms with Crippen LogP contribution in [-0.2, 0) is 0 Å². The van der Waals surface area contributed by atoms with Crippen molar-refractivity contribution in [2.24, 2.45) is 5.92 Å². The minimum Gasteiger partial charge on any atom is -0.478 e. The zero-order chi connectivity index (χ0) is 13.0. The van der Waals surface area contributed by atoms with Gasteiger partial charge in [-0.2, -0.15) is 0 Å². The first-order valence-corrected chi connectivity index (χ1v) is 6.27. The fraction of sp³-hybridized carbons (Fsp3) is 0.538. The van der Waals surface area contributed by atoms with Crippen molar-refractivity contribution in [3.8, 4) is 0 Å². The van der Waals surface area contributed by atoms with Crippen LogP contribution in [0.4, 0.5) is 5.82 Å². The maximum atomic E-state index is 11.0. The molecule has 2 heterocycles. The smallest absolute Gasteiger partial charge is 0.339 e. The molecule has 1 aliphatic heterocycles. The van der Waals surface area contributed by atoms with Crippen LogP contribution >= 0.6 is 0 Å². The maximum absolute atomic E-state index is 11.0. The molecule has 18 heavy (non-hydrogen) atoms. The van der Waals surface area contributed by atoms with E-state index < -0.39 is 5.97 Å². The third-order valence-corrected chi connectivity index (χ3v) is 3.43. The molecule has 2 rings (SSSR count). The summed E-state index contributed by atoms with van der Waals surface area (Å²) in [5, 5.41) is 12.2. The highest BCUT2D eigenvalue weighted by Gasteiger charge is 2.17. The number of carboxylic acids is 1. The van der Waals surface area contributed by atoms with Gasteiger partial charge in [0.1, 0.15) is 11.4 Å². The molecule has 2 N–H and O–H groups in total. The first kappa shape index (κ1) is 12.8. The Hall–Kier alpha value is -1.62. The lowest BCUT2D eigenvalue weighted by molar-refractivity contribution is 0.0697. The number of nitrogens with zero attached hydrogens (tertiary/aromatic N) is 2. The Morgan fingerprint density at radius 3 is 2.94 bits per heavy atom. The van der Waals surface area contributed by atoms with Crippen LogP contribution in [0, 0.1) is 5.92 Å². The van der Waals surface area contributed by atoms with Crippen LogP contribution in [0.25, 0.3) is 0 Å². The van der Waals surface area contributed by atoms with Gasteiger partial charge in [0.05, 0.1) is 0 Å². The second kappa shape index (κ2) is 5.82. The first-order chi connectivity index (χ1) is 8.66. The number of pyridine rings is 1. The van der Waals surface area contributed by atoms with Gasteiger partial charge in [-0.25, -0.2) is 9.78 Å². The van der Waals surface area contributed by atoms with E-state index in [1.54, 1.807) is 18.3 Å². The fourth-order valence-electron chi connectivity index (χ4n) is 2.23. The van der Waals surface area contributed by atoms with Crippen LogP contribution in [0.2, 0.25) is 0 Å². The summed E-state index contributed by atoms with van der Waals surface area (Å²) in [5.74, 6) is 0.141. The van der Waals surface area contributed by atoms with E-state index in [2.05, 4.69) is 22.2 Å². The van der Waals surface area contributed by atoms with Crippen molar-refractivity contribution in [3.63, 3.8) is 0 Å². The molecule has 0 atom stereocenters. The molecule has 0 unspecified atom stereocenters. The molecule has 0 bridgehead atoms. The van der Waals surface area contributed by atoms with E-state index >= 15 is 0 Å². The topological polar surface area (TPSA) is 65.5 Å². The molecule has 0 radical (unpaired) electrons. The van der Waals surface area contributed by atoms with Crippen LogP contribution in [0.3, 0.4) is 0 Å². The molecule has 0 spiro atoms. The molecule has 0 aliphatic carbocycles. The van der Waals surface area contributed by atoms with Gasteiger partial charge in [0.15, 0.2) is 0 Å². The number of hydrogen-bond acceptors (Lipinski definition) is 4. The average Bonchev–Trinajstić information content (AvgIpc) is 2.38. The summed E-state index contributed by atoms with van der Waals surface area (Å²) in [6.07, 6.45) is 3.92. The Kier molecular flexibility index (Phi) is 4.15. The molecule has 5 heteroatoms. The van der Waals surface area contributed by atoms with Crippen LogP contribution < -0.4 is 5.32 Å². The third-order valence-electron chi connectivity index (χ3n) is 3.43. The molecule has 98 valence electrons. The molecule has 0 aromatic carbocycles. The van der Waals surface area contributed by atoms with Gasteiger partial charge >= 0.3 is 5.97 Å². The quantitative estimate of drug-likeness (QED) is 0.847. The van der Waals surface area contributed by atoms with E-state index in [0.717, 1.165) is 32.5 Å². The lowest BCUT2D eigenvalue weighted by atomic mass is 9.97. The number of hydrogen-bond donors (Lipinski definition) is 2. The SMILES string of the molecule is CN1CCC(CNc2ncccc2C(=O)O)CC1. The molecule has 0 amide bonds. The van der Waals surface area contributed by atoms with Gasteiger partial charge in [-0.05, 0) is 51.0 Å². The van der Waals surface area contributed by atoms with E-state index in [1.807, 2.05) is 0 Å². The number of nitrogens with one attached hydrogen (secondary N) is 1. The van der Waals surface area contributed by atoms with Gasteiger partial charge < -0.3 is 15.3 Å². The highest BCUT2D eigenvalue weighted by molar-refractivity contribution is 5.92. The number of carbonyl (C=O) groups is 1. The van der Waals surface area contributed by atoms with Gasteiger partial charge in [-0.15, -0.1) is 0 Å². The monoisotopic (exact) mass is 249 g/mol. The van der Waals surface area contributed by atoms with Crippen molar-refractivity contribution in [2.75, 3.05) is 32.0 Å². The van der Waals surface area contributed by atoms with Crippen LogP contribution in [0.5, 0.6) is 0 Å². The molecule has 1 aromatic heterocycles. The molecule has 1 aromatic rings. The molecule has 1 saturated heterocycles. The van der Waals surface area contributed by atoms with E-state index in [-0.39, 0.29) is 5.56 Å². The van der Waals surface area contributed by atoms with Crippen LogP contribution in [-0.4, -0.2) is 47.6 Å². The Morgan fingerprint density at radius 1 is 1.56 bits per heavy atom. The Bertz CT molecular complexity index is 414. The standard InChI is InChI=1S/C13H19N3O2/c1-16-7-4-10(5-8-16)9-15-12-11(13(17)18)3-2-6-14-12/h2-3,6,10H,4-5,7-9H2,1H3,(H,14,15)(H,17,18). The number of rotatable bonds is 4.